The van der Waals surface area contributed by atoms with Gasteiger partial charge in [-0.2, -0.15) is 4.57 Å². The van der Waals surface area contributed by atoms with Gasteiger partial charge in [0, 0.05) is 17.9 Å². The van der Waals surface area contributed by atoms with E-state index in [1.54, 1.807) is 6.20 Å². The van der Waals surface area contributed by atoms with Crippen LogP contribution < -0.4 is 9.67 Å². The van der Waals surface area contributed by atoms with Crippen LogP contribution in [-0.2, 0) is 0 Å². The van der Waals surface area contributed by atoms with E-state index in [4.69, 9.17) is 0 Å². The van der Waals surface area contributed by atoms with Gasteiger partial charge in [0.1, 0.15) is 0 Å². The molecular formula is C7H5NO. The van der Waals surface area contributed by atoms with Gasteiger partial charge in [-0.3, -0.25) is 0 Å². The quantitative estimate of drug-likeness (QED) is 0.427. The van der Waals surface area contributed by atoms with Gasteiger partial charge < -0.3 is 5.11 Å². The Morgan fingerprint density at radius 2 is 2.22 bits per heavy atom. The molecule has 0 spiro atoms. The normalized spacial score (nSPS) is 13.6. The lowest BCUT2D eigenvalue weighted by Crippen LogP contribution is -2.41. The minimum Gasteiger partial charge on any atom is -0.864 e. The minimum absolute atomic E-state index is 0.121. The molecule has 0 aromatic carbocycles. The van der Waals surface area contributed by atoms with Crippen LogP contribution >= 0.6 is 0 Å². The minimum atomic E-state index is 0.121. The Morgan fingerprint density at radius 1 is 1.33 bits per heavy atom. The molecule has 0 radical (unpaired) electrons. The number of nitrogens with zero attached hydrogens (tertiary/aromatic N) is 1. The lowest BCUT2D eigenvalue weighted by molar-refractivity contribution is -0.595. The molecule has 0 unspecified atom stereocenters. The largest absolute Gasteiger partial charge is 0.864 e. The molecule has 1 aliphatic rings. The molecule has 1 aromatic rings. The third-order valence-corrected chi connectivity index (χ3v) is 1.40. The Balaban J connectivity index is 2.61. The molecule has 1 aliphatic heterocycles. The van der Waals surface area contributed by atoms with Crippen molar-refractivity contribution in [3.05, 3.63) is 30.1 Å². The van der Waals surface area contributed by atoms with Gasteiger partial charge >= 0.3 is 0 Å². The average Bonchev–Trinajstić information content (AvgIpc) is 1.86. The summed E-state index contributed by atoms with van der Waals surface area (Å²) in [5, 5.41) is 10.6. The van der Waals surface area contributed by atoms with Crippen molar-refractivity contribution in [2.75, 3.05) is 0 Å². The molecule has 0 aliphatic carbocycles. The van der Waals surface area contributed by atoms with E-state index in [0.29, 0.717) is 0 Å². The summed E-state index contributed by atoms with van der Waals surface area (Å²) < 4.78 is 1.81. The molecule has 0 saturated heterocycles. The zero-order chi connectivity index (χ0) is 6.27. The van der Waals surface area contributed by atoms with Crippen LogP contribution in [0, 0.1) is 0 Å². The lowest BCUT2D eigenvalue weighted by atomic mass is 10.2. The van der Waals surface area contributed by atoms with E-state index < -0.39 is 0 Å². The zero-order valence-electron chi connectivity index (χ0n) is 4.74. The first kappa shape index (κ1) is 4.56. The van der Waals surface area contributed by atoms with Crippen molar-refractivity contribution in [2.24, 2.45) is 0 Å². The highest BCUT2D eigenvalue weighted by atomic mass is 16.3. The van der Waals surface area contributed by atoms with Gasteiger partial charge in [-0.1, -0.05) is 0 Å². The number of hydrogen-bond donors (Lipinski definition) is 0. The first-order valence-corrected chi connectivity index (χ1v) is 2.77. The fourth-order valence-corrected chi connectivity index (χ4v) is 0.904. The Bertz CT molecular complexity index is 278. The first-order chi connectivity index (χ1) is 4.38. The van der Waals surface area contributed by atoms with E-state index in [1.165, 1.54) is 0 Å². The summed E-state index contributed by atoms with van der Waals surface area (Å²) in [6, 6.07) is 5.56. The fraction of sp³-hybridized carbons (Fsp3) is 0. The molecule has 2 rings (SSSR count). The third-order valence-electron chi connectivity index (χ3n) is 1.40. The summed E-state index contributed by atoms with van der Waals surface area (Å²) in [5.74, 6) is 0.121. The molecule has 2 nitrogen and oxygen atoms in total. The molecule has 44 valence electrons. The number of rotatable bonds is 0. The monoisotopic (exact) mass is 119 g/mol. The molecule has 0 fully saturated rings. The lowest BCUT2D eigenvalue weighted by Gasteiger charge is -2.13. The number of fused-ring (bicyclic) bond motifs is 1. The van der Waals surface area contributed by atoms with E-state index in [0.717, 1.165) is 5.69 Å². The van der Waals surface area contributed by atoms with E-state index in [1.807, 2.05) is 29.0 Å². The molecule has 2 heteroatoms. The highest BCUT2D eigenvalue weighted by molar-refractivity contribution is 5.65. The Labute approximate surface area is 52.7 Å². The average molecular weight is 119 g/mol. The van der Waals surface area contributed by atoms with Gasteiger partial charge in [-0.05, 0) is 6.07 Å². The van der Waals surface area contributed by atoms with Crippen LogP contribution in [0.1, 0.15) is 5.69 Å². The van der Waals surface area contributed by atoms with Crippen LogP contribution in [0.4, 0.5) is 0 Å². The van der Waals surface area contributed by atoms with E-state index in [-0.39, 0.29) is 5.76 Å². The van der Waals surface area contributed by atoms with Crippen molar-refractivity contribution in [1.82, 2.24) is 0 Å². The van der Waals surface area contributed by atoms with Gasteiger partial charge in [0.15, 0.2) is 12.4 Å². The maximum absolute atomic E-state index is 10.6. The maximum atomic E-state index is 10.6. The molecule has 0 atom stereocenters. The second-order valence-corrected chi connectivity index (χ2v) is 1.99. The van der Waals surface area contributed by atoms with Crippen LogP contribution in [-0.4, -0.2) is 0 Å². The topological polar surface area (TPSA) is 26.9 Å². The van der Waals surface area contributed by atoms with Gasteiger partial charge in [-0.25, -0.2) is 0 Å². The fourth-order valence-electron chi connectivity index (χ4n) is 0.904. The Morgan fingerprint density at radius 3 is 2.78 bits per heavy atom. The van der Waals surface area contributed by atoms with Gasteiger partial charge in [0.2, 0.25) is 5.69 Å². The van der Waals surface area contributed by atoms with Crippen LogP contribution in [0.3, 0.4) is 0 Å². The maximum Gasteiger partial charge on any atom is 0.208 e. The number of pyridine rings is 1. The van der Waals surface area contributed by atoms with E-state index >= 15 is 0 Å². The smallest absolute Gasteiger partial charge is 0.208 e. The summed E-state index contributed by atoms with van der Waals surface area (Å²) in [5.41, 5.74) is 0.775. The first-order valence-electron chi connectivity index (χ1n) is 2.77. The van der Waals surface area contributed by atoms with Gasteiger partial charge in [0.05, 0.1) is 0 Å². The molecular weight excluding hydrogens is 114 g/mol. The standard InChI is InChI=1S/C7H5NO/c9-7-5-8-4-2-1-3-6(7)8/h1-5H. The van der Waals surface area contributed by atoms with Crippen molar-refractivity contribution in [3.63, 3.8) is 0 Å². The predicted molar refractivity (Wildman–Crippen MR) is 30.8 cm³/mol. The summed E-state index contributed by atoms with van der Waals surface area (Å²) >= 11 is 0. The molecule has 0 N–H and O–H groups in total. The third kappa shape index (κ3) is 0.470. The molecule has 0 saturated carbocycles. The predicted octanol–water partition coefficient (Wildman–Crippen LogP) is -0.397. The molecule has 0 bridgehead atoms. The van der Waals surface area contributed by atoms with Crippen molar-refractivity contribution >= 4 is 12.0 Å². The van der Waals surface area contributed by atoms with Crippen molar-refractivity contribution < 1.29 is 9.67 Å². The van der Waals surface area contributed by atoms with Crippen LogP contribution in [0.2, 0.25) is 0 Å². The highest BCUT2D eigenvalue weighted by Crippen LogP contribution is 2.08. The molecule has 1 aromatic heterocycles. The molecule has 0 amide bonds. The van der Waals surface area contributed by atoms with Crippen molar-refractivity contribution in [3.8, 4) is 0 Å². The summed E-state index contributed by atoms with van der Waals surface area (Å²) in [7, 11) is 0. The second kappa shape index (κ2) is 1.35. The molecule has 9 heavy (non-hydrogen) atoms. The van der Waals surface area contributed by atoms with Crippen LogP contribution in [0.25, 0.3) is 12.0 Å². The van der Waals surface area contributed by atoms with Crippen LogP contribution in [0.15, 0.2) is 24.4 Å². The SMILES string of the molecule is [O-]C1=C[n+]2ccccc21. The van der Waals surface area contributed by atoms with E-state index in [2.05, 4.69) is 0 Å². The Hall–Kier alpha value is -1.31. The van der Waals surface area contributed by atoms with Crippen molar-refractivity contribution in [2.45, 2.75) is 0 Å². The highest BCUT2D eigenvalue weighted by Gasteiger charge is 2.15. The van der Waals surface area contributed by atoms with Gasteiger partial charge in [0.25, 0.3) is 0 Å². The van der Waals surface area contributed by atoms with E-state index in [9.17, 15) is 5.11 Å². The summed E-state index contributed by atoms with van der Waals surface area (Å²) in [6.07, 6.45) is 3.42. The molecule has 2 heterocycles. The summed E-state index contributed by atoms with van der Waals surface area (Å²) in [4.78, 5) is 0. The number of hydrogen-bond acceptors (Lipinski definition) is 1. The van der Waals surface area contributed by atoms with Crippen molar-refractivity contribution in [1.29, 1.82) is 0 Å². The Kier molecular flexibility index (Phi) is 0.681. The van der Waals surface area contributed by atoms with Gasteiger partial charge in [-0.15, -0.1) is 0 Å². The number of aromatic nitrogens is 1. The van der Waals surface area contributed by atoms with Crippen LogP contribution in [0.5, 0.6) is 0 Å². The zero-order valence-corrected chi connectivity index (χ0v) is 4.74. The second-order valence-electron chi connectivity index (χ2n) is 1.99. The summed E-state index contributed by atoms with van der Waals surface area (Å²) in [6.45, 7) is 0.